The standard InChI is InChI=1S/C36H48N4O3/c1-25-22-27(8-11-30(25)43-5)36-17-14-35(15-18-36,16-19-36)24-39(33(42)26-6-9-29(41)10-7-26)32-23-28(12-20-37-32)40-21-13-31(38-40)34(2,3)4/h8,11-13,20-23,26,29,41H,6-7,9-10,14-19,24H2,1-5H3. The summed E-state index contributed by atoms with van der Waals surface area (Å²) in [5.74, 6) is 1.75. The van der Waals surface area contributed by atoms with Crippen LogP contribution in [0.1, 0.15) is 102 Å². The van der Waals surface area contributed by atoms with Gasteiger partial charge >= 0.3 is 0 Å². The Hall–Kier alpha value is -3.19. The van der Waals surface area contributed by atoms with Crippen LogP contribution in [-0.4, -0.2) is 45.5 Å². The summed E-state index contributed by atoms with van der Waals surface area (Å²) >= 11 is 0. The highest BCUT2D eigenvalue weighted by Gasteiger charge is 2.50. The third-order valence-corrected chi connectivity index (χ3v) is 10.8. The number of aryl methyl sites for hydroxylation is 1. The topological polar surface area (TPSA) is 80.5 Å². The summed E-state index contributed by atoms with van der Waals surface area (Å²) in [7, 11) is 1.74. The molecule has 0 atom stereocenters. The van der Waals surface area contributed by atoms with Crippen molar-refractivity contribution in [3.63, 3.8) is 0 Å². The molecule has 0 aliphatic heterocycles. The van der Waals surface area contributed by atoms with Gasteiger partial charge in [-0.05, 0) is 111 Å². The van der Waals surface area contributed by atoms with Crippen molar-refractivity contribution in [2.75, 3.05) is 18.6 Å². The maximum Gasteiger partial charge on any atom is 0.231 e. The molecule has 1 amide bonds. The molecule has 43 heavy (non-hydrogen) atoms. The predicted molar refractivity (Wildman–Crippen MR) is 170 cm³/mol. The first-order valence-electron chi connectivity index (χ1n) is 16.2. The van der Waals surface area contributed by atoms with Crippen molar-refractivity contribution in [3.8, 4) is 11.4 Å². The van der Waals surface area contributed by atoms with Gasteiger partial charge in [0.1, 0.15) is 11.6 Å². The number of hydrogen-bond donors (Lipinski definition) is 1. The number of anilines is 1. The van der Waals surface area contributed by atoms with E-state index in [1.807, 2.05) is 34.1 Å². The Morgan fingerprint density at radius 3 is 2.33 bits per heavy atom. The maximum absolute atomic E-state index is 14.3. The van der Waals surface area contributed by atoms with Gasteiger partial charge in [-0.25, -0.2) is 9.67 Å². The lowest BCUT2D eigenvalue weighted by Crippen LogP contribution is -2.52. The number of aromatic nitrogens is 3. The fourth-order valence-corrected chi connectivity index (χ4v) is 7.86. The number of aliphatic hydroxyl groups is 1. The van der Waals surface area contributed by atoms with Gasteiger partial charge in [-0.1, -0.05) is 32.9 Å². The fraction of sp³-hybridized carbons (Fsp3) is 0.583. The van der Waals surface area contributed by atoms with E-state index < -0.39 is 0 Å². The second-order valence-electron chi connectivity index (χ2n) is 14.7. The van der Waals surface area contributed by atoms with Gasteiger partial charge in [-0.2, -0.15) is 5.10 Å². The van der Waals surface area contributed by atoms with Gasteiger partial charge in [0.25, 0.3) is 0 Å². The van der Waals surface area contributed by atoms with Crippen molar-refractivity contribution in [1.29, 1.82) is 0 Å². The average molecular weight is 585 g/mol. The van der Waals surface area contributed by atoms with E-state index in [0.29, 0.717) is 25.2 Å². The molecule has 2 bridgehead atoms. The van der Waals surface area contributed by atoms with E-state index >= 15 is 0 Å². The summed E-state index contributed by atoms with van der Waals surface area (Å²) in [5, 5.41) is 15.0. The van der Waals surface area contributed by atoms with Gasteiger partial charge in [-0.15, -0.1) is 0 Å². The van der Waals surface area contributed by atoms with Gasteiger partial charge < -0.3 is 9.84 Å². The van der Waals surface area contributed by atoms with Gasteiger partial charge in [0, 0.05) is 36.3 Å². The third kappa shape index (κ3) is 5.85. The lowest BCUT2D eigenvalue weighted by Gasteiger charge is -2.55. The average Bonchev–Trinajstić information content (AvgIpc) is 3.53. The highest BCUT2D eigenvalue weighted by molar-refractivity contribution is 5.94. The number of fused-ring (bicyclic) bond motifs is 3. The summed E-state index contributed by atoms with van der Waals surface area (Å²) < 4.78 is 7.43. The molecule has 4 fully saturated rings. The van der Waals surface area contributed by atoms with E-state index in [9.17, 15) is 9.90 Å². The number of carbonyl (C=O) groups excluding carboxylic acids is 1. The Morgan fingerprint density at radius 1 is 1.02 bits per heavy atom. The van der Waals surface area contributed by atoms with Crippen molar-refractivity contribution in [1.82, 2.24) is 14.8 Å². The lowest BCUT2D eigenvalue weighted by atomic mass is 9.51. The van der Waals surface area contributed by atoms with Crippen molar-refractivity contribution in [2.45, 2.75) is 109 Å². The van der Waals surface area contributed by atoms with Crippen LogP contribution in [0.5, 0.6) is 5.75 Å². The largest absolute Gasteiger partial charge is 0.496 e. The first-order valence-corrected chi connectivity index (χ1v) is 16.2. The molecular formula is C36H48N4O3. The molecule has 1 N–H and O–H groups in total. The number of amides is 1. The molecule has 0 saturated heterocycles. The quantitative estimate of drug-likeness (QED) is 0.322. The van der Waals surface area contributed by atoms with Crippen LogP contribution in [0.2, 0.25) is 0 Å². The second kappa shape index (κ2) is 11.4. The summed E-state index contributed by atoms with van der Waals surface area (Å²) in [5.41, 5.74) is 4.84. The summed E-state index contributed by atoms with van der Waals surface area (Å²) in [6, 6.07) is 12.8. The molecule has 3 aromatic rings. The summed E-state index contributed by atoms with van der Waals surface area (Å²) in [6.07, 6.45) is 13.1. The van der Waals surface area contributed by atoms with Crippen LogP contribution in [0, 0.1) is 18.3 Å². The molecule has 7 rings (SSSR count). The Morgan fingerprint density at radius 2 is 1.72 bits per heavy atom. The number of ether oxygens (including phenoxy) is 1. The molecule has 0 unspecified atom stereocenters. The molecule has 4 aliphatic carbocycles. The molecular weight excluding hydrogens is 536 g/mol. The van der Waals surface area contributed by atoms with E-state index in [-0.39, 0.29) is 34.2 Å². The van der Waals surface area contributed by atoms with Crippen LogP contribution in [0.4, 0.5) is 5.82 Å². The van der Waals surface area contributed by atoms with Crippen molar-refractivity contribution in [3.05, 3.63) is 65.6 Å². The van der Waals surface area contributed by atoms with Crippen molar-refractivity contribution < 1.29 is 14.6 Å². The van der Waals surface area contributed by atoms with Crippen molar-refractivity contribution in [2.24, 2.45) is 11.3 Å². The highest BCUT2D eigenvalue weighted by Crippen LogP contribution is 2.58. The summed E-state index contributed by atoms with van der Waals surface area (Å²) in [6.45, 7) is 9.33. The molecule has 0 radical (unpaired) electrons. The fourth-order valence-electron chi connectivity index (χ4n) is 7.86. The first kappa shape index (κ1) is 29.9. The molecule has 7 heteroatoms. The first-order chi connectivity index (χ1) is 20.5. The Kier molecular flexibility index (Phi) is 7.91. The van der Waals surface area contributed by atoms with Crippen LogP contribution in [-0.2, 0) is 15.6 Å². The molecule has 7 nitrogen and oxygen atoms in total. The van der Waals surface area contributed by atoms with Gasteiger partial charge in [0.15, 0.2) is 0 Å². The zero-order valence-corrected chi connectivity index (χ0v) is 26.6. The highest BCUT2D eigenvalue weighted by atomic mass is 16.5. The Bertz CT molecular complexity index is 1440. The molecule has 230 valence electrons. The van der Waals surface area contributed by atoms with Gasteiger partial charge in [-0.3, -0.25) is 9.69 Å². The number of carbonyl (C=O) groups is 1. The number of methoxy groups -OCH3 is 1. The minimum Gasteiger partial charge on any atom is -0.496 e. The van der Waals surface area contributed by atoms with E-state index in [2.05, 4.69) is 52.0 Å². The number of aliphatic hydroxyl groups excluding tert-OH is 1. The van der Waals surface area contributed by atoms with Crippen molar-refractivity contribution >= 4 is 11.7 Å². The van der Waals surface area contributed by atoms with Crippen LogP contribution < -0.4 is 9.64 Å². The molecule has 1 aromatic carbocycles. The minimum absolute atomic E-state index is 0.0461. The predicted octanol–water partition coefficient (Wildman–Crippen LogP) is 7.06. The van der Waals surface area contributed by atoms with Gasteiger partial charge in [0.05, 0.1) is 24.6 Å². The molecule has 2 heterocycles. The zero-order chi connectivity index (χ0) is 30.4. The number of pyridine rings is 1. The van der Waals surface area contributed by atoms with Crippen LogP contribution >= 0.6 is 0 Å². The maximum atomic E-state index is 14.3. The van der Waals surface area contributed by atoms with Crippen LogP contribution in [0.3, 0.4) is 0 Å². The lowest BCUT2D eigenvalue weighted by molar-refractivity contribution is -0.124. The molecule has 2 aromatic heterocycles. The number of rotatable bonds is 7. The Labute approximate surface area is 256 Å². The molecule has 0 spiro atoms. The Balaban J connectivity index is 1.27. The third-order valence-electron chi connectivity index (χ3n) is 10.8. The number of hydrogen-bond acceptors (Lipinski definition) is 5. The zero-order valence-electron chi connectivity index (χ0n) is 26.6. The van der Waals surface area contributed by atoms with E-state index in [4.69, 9.17) is 14.8 Å². The number of nitrogens with zero attached hydrogens (tertiary/aromatic N) is 4. The minimum atomic E-state index is -0.291. The van der Waals surface area contributed by atoms with E-state index in [1.165, 1.54) is 11.1 Å². The van der Waals surface area contributed by atoms with E-state index in [0.717, 1.165) is 68.5 Å². The smallest absolute Gasteiger partial charge is 0.231 e. The SMILES string of the molecule is COc1ccc(C23CCC(CN(C(=O)C4CCC(O)CC4)c4cc(-n5ccc(C(C)(C)C)n5)ccn4)(CC2)CC3)cc1C. The van der Waals surface area contributed by atoms with Gasteiger partial charge in [0.2, 0.25) is 5.91 Å². The van der Waals surface area contributed by atoms with Crippen LogP contribution in [0.15, 0.2) is 48.8 Å². The monoisotopic (exact) mass is 584 g/mol. The second-order valence-corrected chi connectivity index (χ2v) is 14.7. The summed E-state index contributed by atoms with van der Waals surface area (Å²) in [4.78, 5) is 21.1. The molecule has 4 saturated carbocycles. The van der Waals surface area contributed by atoms with E-state index in [1.54, 1.807) is 7.11 Å². The van der Waals surface area contributed by atoms with Crippen LogP contribution in [0.25, 0.3) is 5.69 Å². The molecule has 4 aliphatic rings. The normalized spacial score (nSPS) is 27.2. The number of benzene rings is 1.